The molecule has 0 saturated heterocycles. The van der Waals surface area contributed by atoms with Crippen LogP contribution in [0.3, 0.4) is 0 Å². The Balaban J connectivity index is 2.20. The van der Waals surface area contributed by atoms with E-state index in [0.717, 1.165) is 11.1 Å². The summed E-state index contributed by atoms with van der Waals surface area (Å²) in [7, 11) is -2.13. The van der Waals surface area contributed by atoms with Crippen LogP contribution in [0.1, 0.15) is 11.1 Å². The van der Waals surface area contributed by atoms with E-state index in [2.05, 4.69) is 4.72 Å². The van der Waals surface area contributed by atoms with E-state index in [9.17, 15) is 8.42 Å². The van der Waals surface area contributed by atoms with Gasteiger partial charge in [0.15, 0.2) is 0 Å². The number of nitrogens with one attached hydrogen (secondary N) is 1. The smallest absolute Gasteiger partial charge is 0.241 e. The molecular formula is C13H16N2O3S2. The molecule has 0 aliphatic carbocycles. The molecule has 1 aromatic heterocycles. The van der Waals surface area contributed by atoms with Gasteiger partial charge >= 0.3 is 0 Å². The van der Waals surface area contributed by atoms with Gasteiger partial charge in [-0.25, -0.2) is 13.1 Å². The first-order valence-corrected chi connectivity index (χ1v) is 8.31. The number of methoxy groups -OCH3 is 1. The first-order valence-electron chi connectivity index (χ1n) is 5.89. The number of nitrogens with two attached hydrogens (primary N) is 1. The molecular weight excluding hydrogens is 296 g/mol. The summed E-state index contributed by atoms with van der Waals surface area (Å²) in [6.45, 7) is 2.22. The van der Waals surface area contributed by atoms with Gasteiger partial charge in [-0.1, -0.05) is 0 Å². The SMILES string of the molecule is COc1cc(S(=O)(=O)NCc2cscc2C)ccc1N. The van der Waals surface area contributed by atoms with Gasteiger partial charge in [0.25, 0.3) is 0 Å². The molecule has 0 atom stereocenters. The molecule has 0 fully saturated rings. The van der Waals surface area contributed by atoms with Crippen LogP contribution in [0.2, 0.25) is 0 Å². The maximum atomic E-state index is 12.2. The van der Waals surface area contributed by atoms with E-state index >= 15 is 0 Å². The second-order valence-electron chi connectivity index (χ2n) is 4.31. The fourth-order valence-corrected chi connectivity index (χ4v) is 3.56. The standard InChI is InChI=1S/C13H16N2O3S2/c1-9-7-19-8-10(9)6-15-20(16,17)11-3-4-12(14)13(5-11)18-2/h3-5,7-8,15H,6,14H2,1-2H3. The van der Waals surface area contributed by atoms with Gasteiger partial charge in [-0.15, -0.1) is 0 Å². The number of hydrogen-bond acceptors (Lipinski definition) is 5. The highest BCUT2D eigenvalue weighted by Crippen LogP contribution is 2.25. The van der Waals surface area contributed by atoms with Crippen LogP contribution < -0.4 is 15.2 Å². The summed E-state index contributed by atoms with van der Waals surface area (Å²) >= 11 is 1.55. The summed E-state index contributed by atoms with van der Waals surface area (Å²) in [4.78, 5) is 0.136. The predicted molar refractivity (Wildman–Crippen MR) is 80.5 cm³/mol. The molecule has 20 heavy (non-hydrogen) atoms. The number of nitrogen functional groups attached to an aromatic ring is 1. The number of ether oxygens (including phenoxy) is 1. The molecule has 0 unspecified atom stereocenters. The summed E-state index contributed by atoms with van der Waals surface area (Å²) in [5.41, 5.74) is 8.13. The molecule has 0 aliphatic heterocycles. The first kappa shape index (κ1) is 14.8. The monoisotopic (exact) mass is 312 g/mol. The van der Waals surface area contributed by atoms with Crippen LogP contribution in [0.4, 0.5) is 5.69 Å². The van der Waals surface area contributed by atoms with Gasteiger partial charge in [-0.05, 0) is 40.9 Å². The minimum absolute atomic E-state index is 0.136. The molecule has 1 heterocycles. The highest BCUT2D eigenvalue weighted by molar-refractivity contribution is 7.89. The topological polar surface area (TPSA) is 81.4 Å². The molecule has 0 spiro atoms. The van der Waals surface area contributed by atoms with Crippen LogP contribution >= 0.6 is 11.3 Å². The van der Waals surface area contributed by atoms with Crippen molar-refractivity contribution in [2.75, 3.05) is 12.8 Å². The Morgan fingerprint density at radius 1 is 1.35 bits per heavy atom. The number of rotatable bonds is 5. The van der Waals surface area contributed by atoms with E-state index in [1.54, 1.807) is 11.3 Å². The average molecular weight is 312 g/mol. The molecule has 2 rings (SSSR count). The van der Waals surface area contributed by atoms with Crippen molar-refractivity contribution in [1.82, 2.24) is 4.72 Å². The molecule has 0 radical (unpaired) electrons. The lowest BCUT2D eigenvalue weighted by Gasteiger charge is -2.09. The van der Waals surface area contributed by atoms with Crippen molar-refractivity contribution in [3.63, 3.8) is 0 Å². The highest BCUT2D eigenvalue weighted by atomic mass is 32.2. The van der Waals surface area contributed by atoms with Gasteiger partial charge < -0.3 is 10.5 Å². The normalized spacial score (nSPS) is 11.5. The van der Waals surface area contributed by atoms with Gasteiger partial charge in [0.1, 0.15) is 5.75 Å². The summed E-state index contributed by atoms with van der Waals surface area (Å²) in [6, 6.07) is 4.39. The number of thiophene rings is 1. The summed E-state index contributed by atoms with van der Waals surface area (Å²) in [5, 5.41) is 3.91. The lowest BCUT2D eigenvalue weighted by molar-refractivity contribution is 0.415. The maximum Gasteiger partial charge on any atom is 0.241 e. The Labute approximate surface area is 122 Å². The van der Waals surface area contributed by atoms with Crippen LogP contribution in [0.15, 0.2) is 33.9 Å². The molecule has 3 N–H and O–H groups in total. The average Bonchev–Trinajstić information content (AvgIpc) is 2.82. The Morgan fingerprint density at radius 3 is 2.70 bits per heavy atom. The third kappa shape index (κ3) is 3.12. The van der Waals surface area contributed by atoms with Crippen LogP contribution in [-0.4, -0.2) is 15.5 Å². The van der Waals surface area contributed by atoms with Gasteiger partial charge in [0, 0.05) is 12.6 Å². The van der Waals surface area contributed by atoms with Crippen LogP contribution in [-0.2, 0) is 16.6 Å². The van der Waals surface area contributed by atoms with Gasteiger partial charge in [0.05, 0.1) is 17.7 Å². The molecule has 108 valence electrons. The van der Waals surface area contributed by atoms with Crippen molar-refractivity contribution in [2.45, 2.75) is 18.4 Å². The van der Waals surface area contributed by atoms with Crippen LogP contribution in [0.5, 0.6) is 5.75 Å². The van der Waals surface area contributed by atoms with E-state index in [4.69, 9.17) is 10.5 Å². The highest BCUT2D eigenvalue weighted by Gasteiger charge is 2.16. The molecule has 7 heteroatoms. The lowest BCUT2D eigenvalue weighted by Crippen LogP contribution is -2.23. The molecule has 0 bridgehead atoms. The fourth-order valence-electron chi connectivity index (χ4n) is 1.68. The second kappa shape index (κ2) is 5.82. The molecule has 5 nitrogen and oxygen atoms in total. The molecule has 2 aromatic rings. The first-order chi connectivity index (χ1) is 9.44. The largest absolute Gasteiger partial charge is 0.495 e. The zero-order valence-electron chi connectivity index (χ0n) is 11.2. The molecule has 0 amide bonds. The number of benzene rings is 1. The van der Waals surface area contributed by atoms with Gasteiger partial charge in [-0.2, -0.15) is 11.3 Å². The van der Waals surface area contributed by atoms with Crippen molar-refractivity contribution < 1.29 is 13.2 Å². The summed E-state index contributed by atoms with van der Waals surface area (Å²) in [6.07, 6.45) is 0. The minimum atomic E-state index is -3.58. The van der Waals surface area contributed by atoms with Crippen LogP contribution in [0, 0.1) is 6.92 Å². The summed E-state index contributed by atoms with van der Waals surface area (Å²) < 4.78 is 32.0. The Bertz CT molecular complexity index is 708. The Kier molecular flexibility index (Phi) is 4.32. The zero-order valence-corrected chi connectivity index (χ0v) is 12.8. The number of aryl methyl sites for hydroxylation is 1. The van der Waals surface area contributed by atoms with E-state index in [1.807, 2.05) is 17.7 Å². The van der Waals surface area contributed by atoms with E-state index in [0.29, 0.717) is 11.4 Å². The van der Waals surface area contributed by atoms with Crippen molar-refractivity contribution in [1.29, 1.82) is 0 Å². The second-order valence-corrected chi connectivity index (χ2v) is 6.82. The third-order valence-electron chi connectivity index (χ3n) is 2.93. The van der Waals surface area contributed by atoms with Gasteiger partial charge in [0.2, 0.25) is 10.0 Å². The zero-order chi connectivity index (χ0) is 14.8. The summed E-state index contributed by atoms with van der Waals surface area (Å²) in [5.74, 6) is 0.347. The number of anilines is 1. The van der Waals surface area contributed by atoms with E-state index < -0.39 is 10.0 Å². The quantitative estimate of drug-likeness (QED) is 0.829. The molecule has 0 aliphatic rings. The van der Waals surface area contributed by atoms with Crippen LogP contribution in [0.25, 0.3) is 0 Å². The fraction of sp³-hybridized carbons (Fsp3) is 0.231. The van der Waals surface area contributed by atoms with Crippen molar-refractivity contribution in [3.05, 3.63) is 40.1 Å². The van der Waals surface area contributed by atoms with Crippen molar-refractivity contribution >= 4 is 27.0 Å². The molecule has 0 saturated carbocycles. The number of hydrogen-bond donors (Lipinski definition) is 2. The maximum absolute atomic E-state index is 12.2. The Morgan fingerprint density at radius 2 is 2.10 bits per heavy atom. The van der Waals surface area contributed by atoms with E-state index in [-0.39, 0.29) is 11.4 Å². The lowest BCUT2D eigenvalue weighted by atomic mass is 10.2. The van der Waals surface area contributed by atoms with Crippen molar-refractivity contribution in [2.24, 2.45) is 0 Å². The van der Waals surface area contributed by atoms with Crippen molar-refractivity contribution in [3.8, 4) is 5.75 Å². The predicted octanol–water partition coefficient (Wildman–Crippen LogP) is 2.13. The van der Waals surface area contributed by atoms with Gasteiger partial charge in [-0.3, -0.25) is 0 Å². The minimum Gasteiger partial charge on any atom is -0.495 e. The van der Waals surface area contributed by atoms with E-state index in [1.165, 1.54) is 25.3 Å². The number of sulfonamides is 1. The third-order valence-corrected chi connectivity index (χ3v) is 5.24. The Hall–Kier alpha value is -1.57. The molecule has 1 aromatic carbocycles.